The number of anilines is 2. The molecule has 1 aliphatic heterocycles. The summed E-state index contributed by atoms with van der Waals surface area (Å²) in [6, 6.07) is 12.9. The van der Waals surface area contributed by atoms with Gasteiger partial charge in [0.25, 0.3) is 17.7 Å². The number of azide groups is 1. The van der Waals surface area contributed by atoms with Gasteiger partial charge in [-0.15, -0.1) is 0 Å². The number of nitrogens with zero attached hydrogens (tertiary/aromatic N) is 4. The van der Waals surface area contributed by atoms with Crippen molar-refractivity contribution in [3.63, 3.8) is 0 Å². The number of benzene rings is 2. The Morgan fingerprint density at radius 1 is 1.00 bits per heavy atom. The Bertz CT molecular complexity index is 1130. The highest BCUT2D eigenvalue weighted by atomic mass is 16.6. The van der Waals surface area contributed by atoms with E-state index in [0.29, 0.717) is 35.3 Å². The number of fused-ring (bicyclic) bond motifs is 1. The van der Waals surface area contributed by atoms with Gasteiger partial charge in [0.2, 0.25) is 0 Å². The van der Waals surface area contributed by atoms with E-state index in [1.807, 2.05) is 0 Å². The SMILES string of the molecule is [N-]=[N+]=NCC(=O)OC1(C(=O)Nc2ccc(N3C(=O)c4ccccc4C3=O)cc2)CCCCC1. The molecule has 1 aliphatic carbocycles. The maximum Gasteiger partial charge on any atom is 0.312 e. The molecule has 2 aromatic carbocycles. The Labute approximate surface area is 189 Å². The van der Waals surface area contributed by atoms with E-state index < -0.39 is 35.8 Å². The second-order valence-electron chi connectivity index (χ2n) is 7.91. The molecule has 0 unspecified atom stereocenters. The third-order valence-corrected chi connectivity index (χ3v) is 5.82. The molecule has 0 bridgehead atoms. The lowest BCUT2D eigenvalue weighted by molar-refractivity contribution is -0.168. The number of nitrogens with one attached hydrogen (secondary N) is 1. The van der Waals surface area contributed by atoms with Crippen LogP contribution in [0.3, 0.4) is 0 Å². The number of ether oxygens (including phenoxy) is 1. The van der Waals surface area contributed by atoms with Gasteiger partial charge in [-0.2, -0.15) is 0 Å². The van der Waals surface area contributed by atoms with Crippen LogP contribution in [0.15, 0.2) is 53.6 Å². The molecule has 10 nitrogen and oxygen atoms in total. The summed E-state index contributed by atoms with van der Waals surface area (Å²) in [4.78, 5) is 54.1. The second kappa shape index (κ2) is 9.13. The zero-order chi connectivity index (χ0) is 23.4. The lowest BCUT2D eigenvalue weighted by Crippen LogP contribution is -2.48. The molecule has 0 spiro atoms. The van der Waals surface area contributed by atoms with Crippen LogP contribution in [0.5, 0.6) is 0 Å². The second-order valence-corrected chi connectivity index (χ2v) is 7.91. The molecule has 10 heteroatoms. The molecule has 0 saturated heterocycles. The summed E-state index contributed by atoms with van der Waals surface area (Å²) in [6.45, 7) is -0.486. The van der Waals surface area contributed by atoms with Gasteiger partial charge < -0.3 is 10.1 Å². The van der Waals surface area contributed by atoms with Crippen LogP contribution in [0.25, 0.3) is 10.4 Å². The van der Waals surface area contributed by atoms with Crippen molar-refractivity contribution in [3.05, 3.63) is 70.1 Å². The van der Waals surface area contributed by atoms with E-state index in [1.54, 1.807) is 48.5 Å². The summed E-state index contributed by atoms with van der Waals surface area (Å²) < 4.78 is 5.47. The molecule has 2 aromatic rings. The predicted molar refractivity (Wildman–Crippen MR) is 119 cm³/mol. The first-order valence-electron chi connectivity index (χ1n) is 10.6. The van der Waals surface area contributed by atoms with E-state index in [9.17, 15) is 19.2 Å². The molecule has 2 aliphatic rings. The minimum Gasteiger partial charge on any atom is -0.449 e. The number of hydrogen-bond donors (Lipinski definition) is 1. The van der Waals surface area contributed by atoms with Crippen LogP contribution in [-0.4, -0.2) is 35.8 Å². The van der Waals surface area contributed by atoms with Gasteiger partial charge in [-0.05, 0) is 67.6 Å². The van der Waals surface area contributed by atoms with Gasteiger partial charge in [-0.3, -0.25) is 19.2 Å². The summed E-state index contributed by atoms with van der Waals surface area (Å²) in [5, 5.41) is 5.96. The number of carbonyl (C=O) groups is 4. The average Bonchev–Trinajstić information content (AvgIpc) is 3.09. The predicted octanol–water partition coefficient (Wildman–Crippen LogP) is 3.98. The molecule has 1 fully saturated rings. The Hall–Kier alpha value is -4.17. The Morgan fingerprint density at radius 3 is 2.18 bits per heavy atom. The summed E-state index contributed by atoms with van der Waals surface area (Å²) in [5.74, 6) is -2.03. The molecule has 0 radical (unpaired) electrons. The van der Waals surface area contributed by atoms with Crippen molar-refractivity contribution >= 4 is 35.1 Å². The number of imide groups is 1. The number of rotatable bonds is 6. The highest BCUT2D eigenvalue weighted by Gasteiger charge is 2.43. The Morgan fingerprint density at radius 2 is 1.61 bits per heavy atom. The van der Waals surface area contributed by atoms with Gasteiger partial charge in [0.15, 0.2) is 5.60 Å². The third-order valence-electron chi connectivity index (χ3n) is 5.82. The third kappa shape index (κ3) is 4.28. The zero-order valence-corrected chi connectivity index (χ0v) is 17.7. The van der Waals surface area contributed by atoms with Crippen molar-refractivity contribution < 1.29 is 23.9 Å². The van der Waals surface area contributed by atoms with Gasteiger partial charge >= 0.3 is 5.97 Å². The van der Waals surface area contributed by atoms with Crippen LogP contribution >= 0.6 is 0 Å². The molecular weight excluding hydrogens is 426 g/mol. The quantitative estimate of drug-likeness (QED) is 0.234. The molecule has 1 saturated carbocycles. The normalized spacial score (nSPS) is 16.5. The van der Waals surface area contributed by atoms with Crippen LogP contribution in [0.2, 0.25) is 0 Å². The zero-order valence-electron chi connectivity index (χ0n) is 17.7. The molecule has 0 aromatic heterocycles. The van der Waals surface area contributed by atoms with E-state index in [0.717, 1.165) is 24.2 Å². The number of hydrogen-bond acceptors (Lipinski definition) is 6. The molecule has 1 N–H and O–H groups in total. The standard InChI is InChI=1S/C23H21N5O5/c24-27-25-14-19(29)33-23(12-4-1-5-13-23)22(32)26-15-8-10-16(11-9-15)28-20(30)17-6-2-3-7-18(17)21(28)31/h2-3,6-11H,1,4-5,12-14H2,(H,26,32). The van der Waals surface area contributed by atoms with Crippen molar-refractivity contribution in [2.75, 3.05) is 16.8 Å². The first-order chi connectivity index (χ1) is 15.9. The molecular formula is C23H21N5O5. The molecule has 3 amide bonds. The summed E-state index contributed by atoms with van der Waals surface area (Å²) >= 11 is 0. The summed E-state index contributed by atoms with van der Waals surface area (Å²) in [6.07, 6.45) is 3.11. The monoisotopic (exact) mass is 447 g/mol. The number of esters is 1. The van der Waals surface area contributed by atoms with Crippen molar-refractivity contribution in [3.8, 4) is 0 Å². The van der Waals surface area contributed by atoms with Gasteiger partial charge in [0.1, 0.15) is 6.54 Å². The average molecular weight is 447 g/mol. The highest BCUT2D eigenvalue weighted by molar-refractivity contribution is 6.34. The fourth-order valence-electron chi connectivity index (χ4n) is 4.20. The topological polar surface area (TPSA) is 142 Å². The maximum atomic E-state index is 13.1. The summed E-state index contributed by atoms with van der Waals surface area (Å²) in [5.41, 5.74) is 8.57. The van der Waals surface area contributed by atoms with Crippen molar-refractivity contribution in [2.24, 2.45) is 5.11 Å². The van der Waals surface area contributed by atoms with E-state index in [4.69, 9.17) is 10.3 Å². The first-order valence-corrected chi connectivity index (χ1v) is 10.6. The molecule has 0 atom stereocenters. The minimum absolute atomic E-state index is 0.349. The smallest absolute Gasteiger partial charge is 0.312 e. The van der Waals surface area contributed by atoms with E-state index in [1.165, 1.54) is 0 Å². The van der Waals surface area contributed by atoms with Gasteiger partial charge in [-0.1, -0.05) is 23.7 Å². The fraction of sp³-hybridized carbons (Fsp3) is 0.304. The molecule has 33 heavy (non-hydrogen) atoms. The van der Waals surface area contributed by atoms with Crippen LogP contribution in [0, 0.1) is 0 Å². The first kappa shape index (κ1) is 22.0. The lowest BCUT2D eigenvalue weighted by atomic mass is 9.83. The van der Waals surface area contributed by atoms with E-state index >= 15 is 0 Å². The van der Waals surface area contributed by atoms with E-state index in [-0.39, 0.29) is 0 Å². The number of amides is 3. The Balaban J connectivity index is 1.49. The van der Waals surface area contributed by atoms with Gasteiger partial charge in [0.05, 0.1) is 16.8 Å². The van der Waals surface area contributed by atoms with Gasteiger partial charge in [0, 0.05) is 10.6 Å². The molecule has 168 valence electrons. The largest absolute Gasteiger partial charge is 0.449 e. The molecule has 1 heterocycles. The molecule has 4 rings (SSSR count). The highest BCUT2D eigenvalue weighted by Crippen LogP contribution is 2.34. The van der Waals surface area contributed by atoms with Crippen LogP contribution in [-0.2, 0) is 14.3 Å². The van der Waals surface area contributed by atoms with E-state index in [2.05, 4.69) is 15.3 Å². The lowest BCUT2D eigenvalue weighted by Gasteiger charge is -2.35. The number of carbonyl (C=O) groups excluding carboxylic acids is 4. The van der Waals surface area contributed by atoms with Crippen LogP contribution < -0.4 is 10.2 Å². The van der Waals surface area contributed by atoms with Crippen LogP contribution in [0.4, 0.5) is 11.4 Å². The van der Waals surface area contributed by atoms with Crippen molar-refractivity contribution in [1.82, 2.24) is 0 Å². The Kier molecular flexibility index (Phi) is 6.10. The van der Waals surface area contributed by atoms with Crippen LogP contribution in [0.1, 0.15) is 52.8 Å². The summed E-state index contributed by atoms with van der Waals surface area (Å²) in [7, 11) is 0. The van der Waals surface area contributed by atoms with Crippen molar-refractivity contribution in [2.45, 2.75) is 37.7 Å². The fourth-order valence-corrected chi connectivity index (χ4v) is 4.20. The maximum absolute atomic E-state index is 13.1. The minimum atomic E-state index is -1.33. The van der Waals surface area contributed by atoms with Gasteiger partial charge in [-0.25, -0.2) is 4.90 Å². The van der Waals surface area contributed by atoms with Crippen molar-refractivity contribution in [1.29, 1.82) is 0 Å².